The first kappa shape index (κ1) is 17.7. The Labute approximate surface area is 152 Å². The number of carbonyl (C=O) groups excluding carboxylic acids is 1. The van der Waals surface area contributed by atoms with Crippen LogP contribution in [0.5, 0.6) is 0 Å². The van der Waals surface area contributed by atoms with Gasteiger partial charge in [-0.15, -0.1) is 11.3 Å². The Bertz CT molecular complexity index is 887. The molecule has 0 fully saturated rings. The SMILES string of the molecule is Cc1cccc(C(=O)Nc2sc3c(c2C#N)CC(C)(C)[NH2+]C3(C)C)c1. The average Bonchev–Trinajstić information content (AvgIpc) is 2.83. The van der Waals surface area contributed by atoms with E-state index in [1.165, 1.54) is 16.2 Å². The lowest BCUT2D eigenvalue weighted by molar-refractivity contribution is -0.789. The fourth-order valence-electron chi connectivity index (χ4n) is 3.87. The van der Waals surface area contributed by atoms with Crippen LogP contribution in [0.25, 0.3) is 0 Å². The summed E-state index contributed by atoms with van der Waals surface area (Å²) in [5.41, 5.74) is 3.28. The first-order valence-electron chi connectivity index (χ1n) is 8.44. The Kier molecular flexibility index (Phi) is 4.22. The van der Waals surface area contributed by atoms with Crippen molar-refractivity contribution in [3.8, 4) is 6.07 Å². The Balaban J connectivity index is 2.01. The van der Waals surface area contributed by atoms with Gasteiger partial charge in [-0.3, -0.25) is 4.79 Å². The van der Waals surface area contributed by atoms with E-state index in [0.29, 0.717) is 16.1 Å². The van der Waals surface area contributed by atoms with Crippen LogP contribution in [0.15, 0.2) is 24.3 Å². The first-order valence-corrected chi connectivity index (χ1v) is 9.26. The van der Waals surface area contributed by atoms with E-state index >= 15 is 0 Å². The van der Waals surface area contributed by atoms with Crippen LogP contribution in [0.1, 0.15) is 59.6 Å². The number of amides is 1. The molecule has 0 aliphatic carbocycles. The molecule has 2 aromatic rings. The van der Waals surface area contributed by atoms with E-state index in [0.717, 1.165) is 17.5 Å². The number of anilines is 1. The van der Waals surface area contributed by atoms with E-state index in [2.05, 4.69) is 44.4 Å². The number of nitriles is 1. The third kappa shape index (κ3) is 3.33. The van der Waals surface area contributed by atoms with Gasteiger partial charge in [0.2, 0.25) is 0 Å². The largest absolute Gasteiger partial charge is 0.333 e. The number of benzene rings is 1. The van der Waals surface area contributed by atoms with Crippen molar-refractivity contribution in [1.29, 1.82) is 5.26 Å². The van der Waals surface area contributed by atoms with Crippen molar-refractivity contribution in [3.05, 3.63) is 51.4 Å². The monoisotopic (exact) mass is 354 g/mol. The van der Waals surface area contributed by atoms with Crippen LogP contribution in [0, 0.1) is 18.3 Å². The highest BCUT2D eigenvalue weighted by molar-refractivity contribution is 7.16. The van der Waals surface area contributed by atoms with Gasteiger partial charge in [-0.2, -0.15) is 5.26 Å². The predicted molar refractivity (Wildman–Crippen MR) is 101 cm³/mol. The number of carbonyl (C=O) groups is 1. The van der Waals surface area contributed by atoms with E-state index in [4.69, 9.17) is 0 Å². The molecule has 0 saturated heterocycles. The lowest BCUT2D eigenvalue weighted by Crippen LogP contribution is -3.03. The lowest BCUT2D eigenvalue weighted by Gasteiger charge is -2.38. The minimum absolute atomic E-state index is 0.0288. The van der Waals surface area contributed by atoms with Gasteiger partial charge >= 0.3 is 0 Å². The van der Waals surface area contributed by atoms with Crippen molar-refractivity contribution in [2.45, 2.75) is 52.1 Å². The highest BCUT2D eigenvalue weighted by Gasteiger charge is 2.44. The van der Waals surface area contributed by atoms with E-state index in [1.807, 2.05) is 25.1 Å². The van der Waals surface area contributed by atoms with Gasteiger partial charge in [0.1, 0.15) is 16.6 Å². The third-order valence-corrected chi connectivity index (χ3v) is 6.08. The molecule has 130 valence electrons. The fraction of sp³-hybridized carbons (Fsp3) is 0.400. The second-order valence-electron chi connectivity index (χ2n) is 8.08. The highest BCUT2D eigenvalue weighted by Crippen LogP contribution is 2.41. The summed E-state index contributed by atoms with van der Waals surface area (Å²) >= 11 is 1.54. The summed E-state index contributed by atoms with van der Waals surface area (Å²) in [6.07, 6.45) is 0.825. The number of hydrogen-bond donors (Lipinski definition) is 2. The number of nitrogens with zero attached hydrogens (tertiary/aromatic N) is 1. The van der Waals surface area contributed by atoms with Gasteiger partial charge < -0.3 is 10.6 Å². The lowest BCUT2D eigenvalue weighted by atomic mass is 9.81. The molecule has 0 saturated carbocycles. The normalized spacial score (nSPS) is 17.4. The fourth-order valence-corrected chi connectivity index (χ4v) is 5.11. The minimum Gasteiger partial charge on any atom is -0.333 e. The molecule has 0 radical (unpaired) electrons. The molecule has 5 heteroatoms. The number of rotatable bonds is 2. The van der Waals surface area contributed by atoms with E-state index < -0.39 is 0 Å². The second-order valence-corrected chi connectivity index (χ2v) is 9.10. The minimum atomic E-state index is -0.167. The standard InChI is InChI=1S/C20H23N3OS/c1-12-7-6-8-13(9-12)17(24)22-18-15(11-21)14-10-19(2,3)23-20(4,5)16(14)25-18/h6-9,23H,10H2,1-5H3,(H,22,24)/p+1. The Hall–Kier alpha value is -2.16. The maximum absolute atomic E-state index is 12.6. The number of aryl methyl sites for hydroxylation is 1. The van der Waals surface area contributed by atoms with Crippen LogP contribution in [-0.2, 0) is 12.0 Å². The molecule has 1 aromatic carbocycles. The zero-order valence-corrected chi connectivity index (χ0v) is 16.2. The zero-order chi connectivity index (χ0) is 18.4. The molecule has 0 atom stereocenters. The third-order valence-electron chi connectivity index (χ3n) is 4.60. The molecular formula is C20H24N3OS+. The van der Waals surface area contributed by atoms with Crippen LogP contribution >= 0.6 is 11.3 Å². The van der Waals surface area contributed by atoms with Crippen LogP contribution in [0.3, 0.4) is 0 Å². The van der Waals surface area contributed by atoms with Gasteiger partial charge in [0.05, 0.1) is 16.0 Å². The average molecular weight is 354 g/mol. The summed E-state index contributed by atoms with van der Waals surface area (Å²) in [7, 11) is 0. The van der Waals surface area contributed by atoms with Crippen LogP contribution < -0.4 is 10.6 Å². The maximum atomic E-state index is 12.6. The van der Waals surface area contributed by atoms with E-state index in [9.17, 15) is 10.1 Å². The summed E-state index contributed by atoms with van der Waals surface area (Å²) in [4.78, 5) is 13.8. The van der Waals surface area contributed by atoms with E-state index in [1.54, 1.807) is 6.07 Å². The number of quaternary nitrogens is 1. The summed E-state index contributed by atoms with van der Waals surface area (Å²) in [6.45, 7) is 10.7. The van der Waals surface area contributed by atoms with Crippen molar-refractivity contribution in [3.63, 3.8) is 0 Å². The molecular weight excluding hydrogens is 330 g/mol. The van der Waals surface area contributed by atoms with Gasteiger partial charge in [-0.25, -0.2) is 0 Å². The molecule has 2 heterocycles. The van der Waals surface area contributed by atoms with Crippen molar-refractivity contribution < 1.29 is 10.1 Å². The van der Waals surface area contributed by atoms with Crippen molar-refractivity contribution in [2.24, 2.45) is 0 Å². The topological polar surface area (TPSA) is 69.5 Å². The predicted octanol–water partition coefficient (Wildman–Crippen LogP) is 3.31. The second kappa shape index (κ2) is 5.98. The Morgan fingerprint density at radius 2 is 2.04 bits per heavy atom. The van der Waals surface area contributed by atoms with Gasteiger partial charge in [-0.05, 0) is 52.3 Å². The molecule has 0 spiro atoms. The summed E-state index contributed by atoms with van der Waals surface area (Å²) in [5.74, 6) is -0.167. The molecule has 3 rings (SSSR count). The van der Waals surface area contributed by atoms with Gasteiger partial charge in [0.15, 0.2) is 0 Å². The number of nitrogens with two attached hydrogens (primary N) is 1. The Morgan fingerprint density at radius 3 is 2.68 bits per heavy atom. The van der Waals surface area contributed by atoms with Crippen LogP contribution in [0.4, 0.5) is 5.00 Å². The van der Waals surface area contributed by atoms with Gasteiger partial charge in [0, 0.05) is 12.0 Å². The van der Waals surface area contributed by atoms with Crippen LogP contribution in [-0.4, -0.2) is 11.4 Å². The molecule has 1 aliphatic rings. The molecule has 3 N–H and O–H groups in total. The summed E-state index contributed by atoms with van der Waals surface area (Å²) in [6, 6.07) is 9.81. The zero-order valence-electron chi connectivity index (χ0n) is 15.4. The molecule has 1 amide bonds. The van der Waals surface area contributed by atoms with Crippen molar-refractivity contribution in [1.82, 2.24) is 0 Å². The quantitative estimate of drug-likeness (QED) is 0.869. The van der Waals surface area contributed by atoms with Gasteiger partial charge in [0.25, 0.3) is 5.91 Å². The maximum Gasteiger partial charge on any atom is 0.256 e. The van der Waals surface area contributed by atoms with E-state index in [-0.39, 0.29) is 17.0 Å². The Morgan fingerprint density at radius 1 is 1.32 bits per heavy atom. The number of hydrogen-bond acceptors (Lipinski definition) is 3. The number of fused-ring (bicyclic) bond motifs is 1. The smallest absolute Gasteiger partial charge is 0.256 e. The first-order chi connectivity index (χ1) is 11.6. The highest BCUT2D eigenvalue weighted by atomic mass is 32.1. The molecule has 1 aliphatic heterocycles. The molecule has 25 heavy (non-hydrogen) atoms. The number of thiophene rings is 1. The van der Waals surface area contributed by atoms with Crippen molar-refractivity contribution in [2.75, 3.05) is 5.32 Å². The number of nitrogens with one attached hydrogen (secondary N) is 1. The molecule has 1 aromatic heterocycles. The summed E-state index contributed by atoms with van der Waals surface area (Å²) in [5, 5.41) is 15.7. The molecule has 0 bridgehead atoms. The van der Waals surface area contributed by atoms with Crippen LogP contribution in [0.2, 0.25) is 0 Å². The molecule has 4 nitrogen and oxygen atoms in total. The molecule has 0 unspecified atom stereocenters. The van der Waals surface area contributed by atoms with Crippen molar-refractivity contribution >= 4 is 22.2 Å². The van der Waals surface area contributed by atoms with Gasteiger partial charge in [-0.1, -0.05) is 17.7 Å². The summed E-state index contributed by atoms with van der Waals surface area (Å²) < 4.78 is 0.